The van der Waals surface area contributed by atoms with Gasteiger partial charge in [-0.3, -0.25) is 4.79 Å². The van der Waals surface area contributed by atoms with E-state index in [2.05, 4.69) is 37.0 Å². The second-order valence-corrected chi connectivity index (χ2v) is 4.07. The topological polar surface area (TPSA) is 17.1 Å². The number of rotatable bonds is 4. The zero-order valence-electron chi connectivity index (χ0n) is 10.3. The molecule has 0 unspecified atom stereocenters. The largest absolute Gasteiger partial charge is 0.299 e. The number of hydrogen-bond donors (Lipinski definition) is 0. The molecule has 0 aliphatic carbocycles. The highest BCUT2D eigenvalue weighted by Gasteiger charge is 2.05. The first-order valence-corrected chi connectivity index (χ1v) is 5.61. The summed E-state index contributed by atoms with van der Waals surface area (Å²) in [6, 6.07) is 6.24. The van der Waals surface area contributed by atoms with Gasteiger partial charge in [-0.25, -0.2) is 0 Å². The van der Waals surface area contributed by atoms with Crippen molar-refractivity contribution >= 4 is 5.78 Å². The third-order valence-electron chi connectivity index (χ3n) is 2.60. The van der Waals surface area contributed by atoms with Crippen LogP contribution in [0.3, 0.4) is 0 Å². The standard InChI is InChI=1S/C15H18O/c1-4-5-6-7-15(16)11-14-10-12(2)8-9-13(14)3/h8-10H,6-7,11H2,1-3H3. The Morgan fingerprint density at radius 2 is 2.06 bits per heavy atom. The predicted octanol–water partition coefficient (Wildman–Crippen LogP) is 3.22. The molecule has 0 bridgehead atoms. The van der Waals surface area contributed by atoms with E-state index in [9.17, 15) is 4.79 Å². The van der Waals surface area contributed by atoms with E-state index >= 15 is 0 Å². The number of carbonyl (C=O) groups excluding carboxylic acids is 1. The van der Waals surface area contributed by atoms with Crippen molar-refractivity contribution in [3.63, 3.8) is 0 Å². The molecule has 1 aromatic carbocycles. The number of ketones is 1. The van der Waals surface area contributed by atoms with Crippen LogP contribution in [-0.2, 0) is 11.2 Å². The summed E-state index contributed by atoms with van der Waals surface area (Å²) in [5.41, 5.74) is 3.55. The van der Waals surface area contributed by atoms with Crippen LogP contribution in [0.2, 0.25) is 0 Å². The molecule has 0 spiro atoms. The normalized spacial score (nSPS) is 9.44. The molecule has 1 aromatic rings. The summed E-state index contributed by atoms with van der Waals surface area (Å²) in [4.78, 5) is 11.7. The minimum atomic E-state index is 0.274. The lowest BCUT2D eigenvalue weighted by Gasteiger charge is -2.05. The van der Waals surface area contributed by atoms with E-state index in [1.165, 1.54) is 11.1 Å². The molecule has 0 heterocycles. The third kappa shape index (κ3) is 3.90. The van der Waals surface area contributed by atoms with Gasteiger partial charge in [-0.05, 0) is 31.9 Å². The zero-order chi connectivity index (χ0) is 12.0. The minimum absolute atomic E-state index is 0.274. The Bertz CT molecular complexity index is 432. The first kappa shape index (κ1) is 12.5. The molecule has 1 nitrogen and oxygen atoms in total. The molecule has 1 rings (SSSR count). The SMILES string of the molecule is CC#CCCC(=O)Cc1cc(C)ccc1C. The van der Waals surface area contributed by atoms with Gasteiger partial charge in [0.2, 0.25) is 0 Å². The minimum Gasteiger partial charge on any atom is -0.299 e. The fraction of sp³-hybridized carbons (Fsp3) is 0.400. The van der Waals surface area contributed by atoms with E-state index in [0.29, 0.717) is 19.3 Å². The Balaban J connectivity index is 2.61. The fourth-order valence-electron chi connectivity index (χ4n) is 1.62. The second kappa shape index (κ2) is 6.12. The van der Waals surface area contributed by atoms with Gasteiger partial charge in [-0.15, -0.1) is 11.8 Å². The number of Topliss-reactive ketones (excluding diaryl/α,β-unsaturated/α-hetero) is 1. The predicted molar refractivity (Wildman–Crippen MR) is 67.3 cm³/mol. The van der Waals surface area contributed by atoms with Crippen LogP contribution >= 0.6 is 0 Å². The van der Waals surface area contributed by atoms with Crippen molar-refractivity contribution in [2.45, 2.75) is 40.0 Å². The summed E-state index contributed by atoms with van der Waals surface area (Å²) in [5.74, 6) is 6.00. The highest BCUT2D eigenvalue weighted by molar-refractivity contribution is 5.81. The first-order chi connectivity index (χ1) is 7.63. The molecule has 0 saturated carbocycles. The van der Waals surface area contributed by atoms with Crippen LogP contribution in [0, 0.1) is 25.7 Å². The van der Waals surface area contributed by atoms with E-state index in [-0.39, 0.29) is 5.78 Å². The average Bonchev–Trinajstić information content (AvgIpc) is 2.24. The van der Waals surface area contributed by atoms with Gasteiger partial charge in [0.25, 0.3) is 0 Å². The average molecular weight is 214 g/mol. The number of benzene rings is 1. The van der Waals surface area contributed by atoms with Crippen molar-refractivity contribution in [1.82, 2.24) is 0 Å². The maximum Gasteiger partial charge on any atom is 0.138 e. The van der Waals surface area contributed by atoms with Crippen LogP contribution in [0.25, 0.3) is 0 Å². The molecule has 0 fully saturated rings. The highest BCUT2D eigenvalue weighted by Crippen LogP contribution is 2.12. The van der Waals surface area contributed by atoms with E-state index in [4.69, 9.17) is 0 Å². The second-order valence-electron chi connectivity index (χ2n) is 4.07. The molecule has 0 aromatic heterocycles. The maximum absolute atomic E-state index is 11.7. The molecule has 0 saturated heterocycles. The lowest BCUT2D eigenvalue weighted by atomic mass is 9.99. The molecule has 0 amide bonds. The van der Waals surface area contributed by atoms with E-state index in [0.717, 1.165) is 5.56 Å². The summed E-state index contributed by atoms with van der Waals surface area (Å²) in [6.45, 7) is 5.90. The molecule has 0 radical (unpaired) electrons. The van der Waals surface area contributed by atoms with Crippen LogP contribution in [0.5, 0.6) is 0 Å². The Labute approximate surface area is 97.9 Å². The molecule has 1 heteroatoms. The van der Waals surface area contributed by atoms with Crippen molar-refractivity contribution in [2.75, 3.05) is 0 Å². The van der Waals surface area contributed by atoms with Crippen molar-refractivity contribution in [2.24, 2.45) is 0 Å². The summed E-state index contributed by atoms with van der Waals surface area (Å²) in [6.07, 6.45) is 1.79. The number of carbonyl (C=O) groups is 1. The monoisotopic (exact) mass is 214 g/mol. The van der Waals surface area contributed by atoms with E-state index < -0.39 is 0 Å². The Kier molecular flexibility index (Phi) is 4.79. The zero-order valence-corrected chi connectivity index (χ0v) is 10.3. The van der Waals surface area contributed by atoms with Crippen molar-refractivity contribution < 1.29 is 4.79 Å². The number of aryl methyl sites for hydroxylation is 2. The van der Waals surface area contributed by atoms with Crippen LogP contribution in [0.4, 0.5) is 0 Å². The summed E-state index contributed by atoms with van der Waals surface area (Å²) in [5, 5.41) is 0. The lowest BCUT2D eigenvalue weighted by Crippen LogP contribution is -2.03. The van der Waals surface area contributed by atoms with Gasteiger partial charge in [-0.1, -0.05) is 23.8 Å². The molecular formula is C15H18O. The van der Waals surface area contributed by atoms with E-state index in [1.807, 2.05) is 6.92 Å². The molecule has 0 aliphatic rings. The first-order valence-electron chi connectivity index (χ1n) is 5.61. The van der Waals surface area contributed by atoms with Crippen molar-refractivity contribution in [3.05, 3.63) is 34.9 Å². The quantitative estimate of drug-likeness (QED) is 0.703. The number of hydrogen-bond acceptors (Lipinski definition) is 1. The van der Waals surface area contributed by atoms with Crippen LogP contribution < -0.4 is 0 Å². The summed E-state index contributed by atoms with van der Waals surface area (Å²) >= 11 is 0. The van der Waals surface area contributed by atoms with Crippen molar-refractivity contribution in [1.29, 1.82) is 0 Å². The van der Waals surface area contributed by atoms with E-state index in [1.54, 1.807) is 6.92 Å². The summed E-state index contributed by atoms with van der Waals surface area (Å²) < 4.78 is 0. The van der Waals surface area contributed by atoms with Gasteiger partial charge in [0, 0.05) is 19.3 Å². The van der Waals surface area contributed by atoms with Gasteiger partial charge in [0.15, 0.2) is 0 Å². The Hall–Kier alpha value is -1.55. The smallest absolute Gasteiger partial charge is 0.138 e. The third-order valence-corrected chi connectivity index (χ3v) is 2.60. The Morgan fingerprint density at radius 3 is 2.75 bits per heavy atom. The summed E-state index contributed by atoms with van der Waals surface area (Å²) in [7, 11) is 0. The van der Waals surface area contributed by atoms with Gasteiger partial charge in [0.05, 0.1) is 0 Å². The molecule has 0 aliphatic heterocycles. The van der Waals surface area contributed by atoms with Crippen LogP contribution in [0.1, 0.15) is 36.5 Å². The van der Waals surface area contributed by atoms with Crippen molar-refractivity contribution in [3.8, 4) is 11.8 Å². The van der Waals surface area contributed by atoms with Gasteiger partial charge >= 0.3 is 0 Å². The van der Waals surface area contributed by atoms with Gasteiger partial charge < -0.3 is 0 Å². The molecule has 0 atom stereocenters. The van der Waals surface area contributed by atoms with Gasteiger partial charge in [0.1, 0.15) is 5.78 Å². The maximum atomic E-state index is 11.7. The highest BCUT2D eigenvalue weighted by atomic mass is 16.1. The van der Waals surface area contributed by atoms with Gasteiger partial charge in [-0.2, -0.15) is 0 Å². The fourth-order valence-corrected chi connectivity index (χ4v) is 1.62. The lowest BCUT2D eigenvalue weighted by molar-refractivity contribution is -0.118. The molecule has 84 valence electrons. The Morgan fingerprint density at radius 1 is 1.31 bits per heavy atom. The molecular weight excluding hydrogens is 196 g/mol. The molecule has 0 N–H and O–H groups in total. The van der Waals surface area contributed by atoms with Crippen LogP contribution in [-0.4, -0.2) is 5.78 Å². The molecule has 16 heavy (non-hydrogen) atoms. The van der Waals surface area contributed by atoms with Crippen LogP contribution in [0.15, 0.2) is 18.2 Å².